The van der Waals surface area contributed by atoms with Gasteiger partial charge in [0.25, 0.3) is 0 Å². The van der Waals surface area contributed by atoms with Crippen LogP contribution in [0.25, 0.3) is 0 Å². The molecule has 2 rings (SSSR count). The van der Waals surface area contributed by atoms with Crippen molar-refractivity contribution in [1.29, 1.82) is 0 Å². The van der Waals surface area contributed by atoms with Crippen molar-refractivity contribution >= 4 is 35.0 Å². The van der Waals surface area contributed by atoms with E-state index in [1.165, 1.54) is 0 Å². The fourth-order valence-corrected chi connectivity index (χ4v) is 2.35. The van der Waals surface area contributed by atoms with Crippen molar-refractivity contribution in [2.75, 3.05) is 13.7 Å². The molecule has 0 aliphatic heterocycles. The van der Waals surface area contributed by atoms with Crippen molar-refractivity contribution < 1.29 is 19.1 Å². The summed E-state index contributed by atoms with van der Waals surface area (Å²) in [5.41, 5.74) is 1.04. The molecule has 0 atom stereocenters. The number of carbonyl (C=O) groups is 2. The summed E-state index contributed by atoms with van der Waals surface area (Å²) in [5, 5.41) is 0.873. The molecular formula is C17H14Cl2O4. The van der Waals surface area contributed by atoms with Crippen LogP contribution in [0.4, 0.5) is 0 Å². The number of esters is 1. The van der Waals surface area contributed by atoms with Gasteiger partial charge in [-0.15, -0.1) is 0 Å². The smallest absolute Gasteiger partial charge is 0.310 e. The second-order valence-corrected chi connectivity index (χ2v) is 5.57. The van der Waals surface area contributed by atoms with Crippen LogP contribution in [0.1, 0.15) is 15.9 Å². The number of ketones is 1. The van der Waals surface area contributed by atoms with Crippen molar-refractivity contribution in [3.63, 3.8) is 0 Å². The Morgan fingerprint density at radius 2 is 1.74 bits per heavy atom. The maximum absolute atomic E-state index is 12.0. The molecule has 4 nitrogen and oxygen atoms in total. The van der Waals surface area contributed by atoms with Gasteiger partial charge in [-0.25, -0.2) is 0 Å². The van der Waals surface area contributed by atoms with Gasteiger partial charge in [0, 0.05) is 15.6 Å². The van der Waals surface area contributed by atoms with Gasteiger partial charge in [-0.3, -0.25) is 9.59 Å². The largest absolute Gasteiger partial charge is 0.497 e. The highest BCUT2D eigenvalue weighted by atomic mass is 35.5. The lowest BCUT2D eigenvalue weighted by Gasteiger charge is -2.07. The minimum absolute atomic E-state index is 0.0219. The zero-order chi connectivity index (χ0) is 16.8. The molecule has 0 saturated heterocycles. The van der Waals surface area contributed by atoms with Crippen LogP contribution in [-0.4, -0.2) is 25.5 Å². The van der Waals surface area contributed by atoms with Crippen LogP contribution in [0.15, 0.2) is 42.5 Å². The highest BCUT2D eigenvalue weighted by Gasteiger charge is 2.12. The van der Waals surface area contributed by atoms with Gasteiger partial charge in [-0.2, -0.15) is 0 Å². The van der Waals surface area contributed by atoms with Crippen LogP contribution in [0.5, 0.6) is 5.75 Å². The molecule has 6 heteroatoms. The Morgan fingerprint density at radius 3 is 2.35 bits per heavy atom. The standard InChI is InChI=1S/C17H14Cl2O4/c1-22-14-6-3-11(4-7-14)16(20)10-23-17(21)8-12-2-5-13(18)9-15(12)19/h2-7,9H,8,10H2,1H3. The Hall–Kier alpha value is -2.04. The maximum atomic E-state index is 12.0. The molecule has 0 bridgehead atoms. The zero-order valence-electron chi connectivity index (χ0n) is 12.3. The normalized spacial score (nSPS) is 10.2. The van der Waals surface area contributed by atoms with Crippen molar-refractivity contribution in [3.05, 3.63) is 63.6 Å². The van der Waals surface area contributed by atoms with E-state index in [0.717, 1.165) is 0 Å². The lowest BCUT2D eigenvalue weighted by Crippen LogP contribution is -2.15. The first-order valence-electron chi connectivity index (χ1n) is 6.76. The fourth-order valence-electron chi connectivity index (χ4n) is 1.88. The third kappa shape index (κ3) is 4.98. The molecule has 0 unspecified atom stereocenters. The molecule has 0 aliphatic carbocycles. The van der Waals surface area contributed by atoms with Crippen LogP contribution in [0, 0.1) is 0 Å². The Balaban J connectivity index is 1.89. The Bertz CT molecular complexity index is 711. The molecule has 0 amide bonds. The van der Waals surface area contributed by atoms with E-state index in [4.69, 9.17) is 32.7 Å². The van der Waals surface area contributed by atoms with Crippen molar-refractivity contribution in [3.8, 4) is 5.75 Å². The molecule has 0 aromatic heterocycles. The van der Waals surface area contributed by atoms with E-state index in [9.17, 15) is 9.59 Å². The summed E-state index contributed by atoms with van der Waals surface area (Å²) in [6.45, 7) is -0.323. The third-order valence-corrected chi connectivity index (χ3v) is 3.71. The first kappa shape index (κ1) is 17.3. The lowest BCUT2D eigenvalue weighted by atomic mass is 10.1. The van der Waals surface area contributed by atoms with Gasteiger partial charge in [0.2, 0.25) is 0 Å². The van der Waals surface area contributed by atoms with Gasteiger partial charge < -0.3 is 9.47 Å². The number of halogens is 2. The summed E-state index contributed by atoms with van der Waals surface area (Å²) in [5.74, 6) is -0.171. The summed E-state index contributed by atoms with van der Waals surface area (Å²) in [6, 6.07) is 11.4. The van der Waals surface area contributed by atoms with Crippen molar-refractivity contribution in [2.45, 2.75) is 6.42 Å². The van der Waals surface area contributed by atoms with Gasteiger partial charge >= 0.3 is 5.97 Å². The molecule has 0 fully saturated rings. The molecule has 23 heavy (non-hydrogen) atoms. The summed E-state index contributed by atoms with van der Waals surface area (Å²) in [4.78, 5) is 23.8. The summed E-state index contributed by atoms with van der Waals surface area (Å²) >= 11 is 11.8. The van der Waals surface area contributed by atoms with E-state index >= 15 is 0 Å². The molecular weight excluding hydrogens is 339 g/mol. The molecule has 2 aromatic carbocycles. The van der Waals surface area contributed by atoms with Crippen LogP contribution < -0.4 is 4.74 Å². The average molecular weight is 353 g/mol. The van der Waals surface area contributed by atoms with E-state index in [-0.39, 0.29) is 18.8 Å². The first-order valence-corrected chi connectivity index (χ1v) is 7.52. The fraction of sp³-hybridized carbons (Fsp3) is 0.176. The van der Waals surface area contributed by atoms with Crippen molar-refractivity contribution in [1.82, 2.24) is 0 Å². The zero-order valence-corrected chi connectivity index (χ0v) is 13.9. The number of rotatable bonds is 6. The highest BCUT2D eigenvalue weighted by Crippen LogP contribution is 2.21. The van der Waals surface area contributed by atoms with E-state index in [1.807, 2.05) is 0 Å². The number of hydrogen-bond donors (Lipinski definition) is 0. The Morgan fingerprint density at radius 1 is 1.04 bits per heavy atom. The van der Waals surface area contributed by atoms with Crippen molar-refractivity contribution in [2.24, 2.45) is 0 Å². The monoisotopic (exact) mass is 352 g/mol. The molecule has 0 aliphatic rings. The number of ether oxygens (including phenoxy) is 2. The van der Waals surface area contributed by atoms with E-state index in [1.54, 1.807) is 49.6 Å². The predicted octanol–water partition coefficient (Wildman–Crippen LogP) is 3.97. The van der Waals surface area contributed by atoms with Gasteiger partial charge in [0.15, 0.2) is 12.4 Å². The summed E-state index contributed by atoms with van der Waals surface area (Å²) in [7, 11) is 1.54. The van der Waals surface area contributed by atoms with Gasteiger partial charge in [0.1, 0.15) is 5.75 Å². The van der Waals surface area contributed by atoms with E-state index in [0.29, 0.717) is 26.9 Å². The first-order chi connectivity index (χ1) is 11.0. The maximum Gasteiger partial charge on any atom is 0.310 e. The second-order valence-electron chi connectivity index (χ2n) is 4.72. The molecule has 0 spiro atoms. The summed E-state index contributed by atoms with van der Waals surface area (Å²) in [6.07, 6.45) is -0.0219. The second kappa shape index (κ2) is 7.99. The minimum atomic E-state index is -0.531. The van der Waals surface area contributed by atoms with Crippen LogP contribution in [0.3, 0.4) is 0 Å². The molecule has 120 valence electrons. The van der Waals surface area contributed by atoms with Gasteiger partial charge in [-0.1, -0.05) is 29.3 Å². The SMILES string of the molecule is COc1ccc(C(=O)COC(=O)Cc2ccc(Cl)cc2Cl)cc1. The quantitative estimate of drug-likeness (QED) is 0.583. The predicted molar refractivity (Wildman–Crippen MR) is 88.4 cm³/mol. The number of carbonyl (C=O) groups excluding carboxylic acids is 2. The highest BCUT2D eigenvalue weighted by molar-refractivity contribution is 6.35. The Kier molecular flexibility index (Phi) is 6.02. The van der Waals surface area contributed by atoms with E-state index in [2.05, 4.69) is 0 Å². The number of methoxy groups -OCH3 is 1. The number of hydrogen-bond acceptors (Lipinski definition) is 4. The van der Waals surface area contributed by atoms with Crippen LogP contribution in [-0.2, 0) is 16.0 Å². The van der Waals surface area contributed by atoms with E-state index < -0.39 is 5.97 Å². The molecule has 2 aromatic rings. The van der Waals surface area contributed by atoms with Crippen LogP contribution >= 0.6 is 23.2 Å². The molecule has 0 heterocycles. The Labute approximate surface area is 143 Å². The average Bonchev–Trinajstić information content (AvgIpc) is 2.55. The third-order valence-electron chi connectivity index (χ3n) is 3.13. The van der Waals surface area contributed by atoms with Gasteiger partial charge in [0.05, 0.1) is 13.5 Å². The minimum Gasteiger partial charge on any atom is -0.497 e. The molecule has 0 saturated carbocycles. The molecule has 0 radical (unpaired) electrons. The lowest BCUT2D eigenvalue weighted by molar-refractivity contribution is -0.141. The molecule has 0 N–H and O–H groups in total. The number of benzene rings is 2. The summed E-state index contributed by atoms with van der Waals surface area (Å²) < 4.78 is 10.0. The number of Topliss-reactive ketones (excluding diaryl/α,β-unsaturated/α-hetero) is 1. The van der Waals surface area contributed by atoms with Gasteiger partial charge in [-0.05, 0) is 42.0 Å². The topological polar surface area (TPSA) is 52.6 Å². The van der Waals surface area contributed by atoms with Crippen LogP contribution in [0.2, 0.25) is 10.0 Å².